The lowest BCUT2D eigenvalue weighted by atomic mass is 10.0. The van der Waals surface area contributed by atoms with Crippen molar-refractivity contribution < 1.29 is 13.9 Å². The lowest BCUT2D eigenvalue weighted by Crippen LogP contribution is -2.02. The van der Waals surface area contributed by atoms with Crippen molar-refractivity contribution >= 4 is 0 Å². The van der Waals surface area contributed by atoms with Crippen LogP contribution in [-0.4, -0.2) is 10.1 Å². The van der Waals surface area contributed by atoms with Crippen molar-refractivity contribution in [3.8, 4) is 0 Å². The lowest BCUT2D eigenvalue weighted by Gasteiger charge is -2.12. The van der Waals surface area contributed by atoms with Gasteiger partial charge in [-0.3, -0.25) is 4.98 Å². The van der Waals surface area contributed by atoms with E-state index >= 15 is 0 Å². The van der Waals surface area contributed by atoms with Crippen LogP contribution in [0.2, 0.25) is 0 Å². The summed E-state index contributed by atoms with van der Waals surface area (Å²) in [6.45, 7) is 1.73. The van der Waals surface area contributed by atoms with E-state index in [-0.39, 0.29) is 0 Å². The van der Waals surface area contributed by atoms with E-state index in [1.807, 2.05) is 0 Å². The molecule has 1 atom stereocenters. The number of rotatable bonds is 2. The third-order valence-corrected chi connectivity index (χ3v) is 2.42. The van der Waals surface area contributed by atoms with Crippen LogP contribution < -0.4 is 0 Å². The Balaban J connectivity index is 2.39. The topological polar surface area (TPSA) is 33.1 Å². The van der Waals surface area contributed by atoms with Gasteiger partial charge >= 0.3 is 0 Å². The monoisotopic (exact) mass is 235 g/mol. The molecule has 0 bridgehead atoms. The summed E-state index contributed by atoms with van der Waals surface area (Å²) in [7, 11) is 0. The molecule has 0 radical (unpaired) electrons. The van der Waals surface area contributed by atoms with E-state index in [0.29, 0.717) is 16.7 Å². The van der Waals surface area contributed by atoms with Crippen molar-refractivity contribution in [1.82, 2.24) is 4.98 Å². The number of hydrogen-bond acceptors (Lipinski definition) is 2. The van der Waals surface area contributed by atoms with Crippen LogP contribution in [0, 0.1) is 18.6 Å². The van der Waals surface area contributed by atoms with Crippen molar-refractivity contribution in [3.63, 3.8) is 0 Å². The quantitative estimate of drug-likeness (QED) is 0.868. The van der Waals surface area contributed by atoms with Gasteiger partial charge in [0.15, 0.2) is 0 Å². The van der Waals surface area contributed by atoms with Crippen LogP contribution in [0.4, 0.5) is 8.78 Å². The summed E-state index contributed by atoms with van der Waals surface area (Å²) in [4.78, 5) is 3.65. The highest BCUT2D eigenvalue weighted by Crippen LogP contribution is 2.23. The zero-order valence-electron chi connectivity index (χ0n) is 9.19. The highest BCUT2D eigenvalue weighted by Gasteiger charge is 2.13. The second-order valence-electron chi connectivity index (χ2n) is 3.90. The highest BCUT2D eigenvalue weighted by atomic mass is 19.1. The molecule has 0 aliphatic heterocycles. The van der Waals surface area contributed by atoms with Gasteiger partial charge in [0.1, 0.15) is 17.7 Å². The lowest BCUT2D eigenvalue weighted by molar-refractivity contribution is 0.218. The predicted octanol–water partition coefficient (Wildman–Crippen LogP) is 2.75. The zero-order valence-corrected chi connectivity index (χ0v) is 9.19. The molecule has 1 aromatic heterocycles. The molecule has 0 fully saturated rings. The summed E-state index contributed by atoms with van der Waals surface area (Å²) < 4.78 is 26.1. The Kier molecular flexibility index (Phi) is 3.15. The molecule has 0 aliphatic carbocycles. The number of aryl methyl sites for hydroxylation is 1. The molecule has 0 saturated heterocycles. The standard InChI is InChI=1S/C13H11F2NO/c1-8-2-9(4-11(14)3-8)13(17)10-5-12(15)7-16-6-10/h2-7,13,17H,1H3. The molecule has 88 valence electrons. The molecule has 1 aromatic carbocycles. The third-order valence-electron chi connectivity index (χ3n) is 2.42. The van der Waals surface area contributed by atoms with Crippen LogP contribution in [0.3, 0.4) is 0 Å². The summed E-state index contributed by atoms with van der Waals surface area (Å²) in [5.74, 6) is -0.960. The fraction of sp³-hybridized carbons (Fsp3) is 0.154. The molecule has 2 rings (SSSR count). The number of halogens is 2. The normalized spacial score (nSPS) is 12.5. The molecule has 2 aromatic rings. The minimum atomic E-state index is -1.08. The first-order valence-corrected chi connectivity index (χ1v) is 5.12. The summed E-state index contributed by atoms with van der Waals surface area (Å²) in [6.07, 6.45) is 1.33. The molecule has 0 amide bonds. The average molecular weight is 235 g/mol. The molecule has 2 nitrogen and oxygen atoms in total. The average Bonchev–Trinajstić information content (AvgIpc) is 2.26. The molecule has 17 heavy (non-hydrogen) atoms. The highest BCUT2D eigenvalue weighted by molar-refractivity contribution is 5.31. The Bertz CT molecular complexity index is 522. The molecule has 1 N–H and O–H groups in total. The third kappa shape index (κ3) is 2.65. The molecule has 0 spiro atoms. The number of aliphatic hydroxyl groups excluding tert-OH is 1. The maximum absolute atomic E-state index is 13.2. The summed E-state index contributed by atoms with van der Waals surface area (Å²) in [5.41, 5.74) is 1.38. The van der Waals surface area contributed by atoms with Gasteiger partial charge in [-0.25, -0.2) is 8.78 Å². The Hall–Kier alpha value is -1.81. The molecule has 1 unspecified atom stereocenters. The van der Waals surface area contributed by atoms with E-state index in [1.165, 1.54) is 24.4 Å². The van der Waals surface area contributed by atoms with E-state index < -0.39 is 17.7 Å². The number of aliphatic hydroxyl groups is 1. The van der Waals surface area contributed by atoms with E-state index in [0.717, 1.165) is 6.20 Å². The van der Waals surface area contributed by atoms with Gasteiger partial charge in [0.2, 0.25) is 0 Å². The SMILES string of the molecule is Cc1cc(F)cc(C(O)c2cncc(F)c2)c1. The first-order valence-electron chi connectivity index (χ1n) is 5.12. The predicted molar refractivity (Wildman–Crippen MR) is 59.4 cm³/mol. The van der Waals surface area contributed by atoms with Gasteiger partial charge in [0.25, 0.3) is 0 Å². The Morgan fingerprint density at radius 2 is 1.71 bits per heavy atom. The summed E-state index contributed by atoms with van der Waals surface area (Å²) in [5, 5.41) is 9.99. The number of hydrogen-bond donors (Lipinski definition) is 1. The van der Waals surface area contributed by atoms with Crippen LogP contribution in [0.1, 0.15) is 22.8 Å². The largest absolute Gasteiger partial charge is 0.384 e. The molecule has 0 aliphatic rings. The first-order chi connectivity index (χ1) is 8.06. The van der Waals surface area contributed by atoms with Crippen molar-refractivity contribution in [2.24, 2.45) is 0 Å². The first kappa shape index (κ1) is 11.7. The van der Waals surface area contributed by atoms with Crippen LogP contribution in [0.15, 0.2) is 36.7 Å². The van der Waals surface area contributed by atoms with Crippen molar-refractivity contribution in [1.29, 1.82) is 0 Å². The van der Waals surface area contributed by atoms with E-state index in [1.54, 1.807) is 13.0 Å². The maximum atomic E-state index is 13.2. The number of aromatic nitrogens is 1. The Labute approximate surface area is 97.6 Å². The van der Waals surface area contributed by atoms with Crippen LogP contribution in [0.5, 0.6) is 0 Å². The van der Waals surface area contributed by atoms with Crippen molar-refractivity contribution in [2.45, 2.75) is 13.0 Å². The Morgan fingerprint density at radius 3 is 2.35 bits per heavy atom. The molecule has 1 heterocycles. The fourth-order valence-electron chi connectivity index (χ4n) is 1.69. The van der Waals surface area contributed by atoms with Gasteiger partial charge in [-0.1, -0.05) is 6.07 Å². The maximum Gasteiger partial charge on any atom is 0.141 e. The second-order valence-corrected chi connectivity index (χ2v) is 3.90. The van der Waals surface area contributed by atoms with Gasteiger partial charge in [-0.15, -0.1) is 0 Å². The van der Waals surface area contributed by atoms with Gasteiger partial charge in [-0.2, -0.15) is 0 Å². The van der Waals surface area contributed by atoms with Crippen molar-refractivity contribution in [2.75, 3.05) is 0 Å². The smallest absolute Gasteiger partial charge is 0.141 e. The Morgan fingerprint density at radius 1 is 1.00 bits per heavy atom. The van der Waals surface area contributed by atoms with Gasteiger partial charge in [-0.05, 0) is 36.2 Å². The second kappa shape index (κ2) is 4.59. The van der Waals surface area contributed by atoms with Gasteiger partial charge in [0.05, 0.1) is 6.20 Å². The molecular formula is C13H11F2NO. The van der Waals surface area contributed by atoms with Gasteiger partial charge < -0.3 is 5.11 Å². The van der Waals surface area contributed by atoms with E-state index in [4.69, 9.17) is 0 Å². The summed E-state index contributed by atoms with van der Waals surface area (Å²) >= 11 is 0. The zero-order chi connectivity index (χ0) is 12.4. The fourth-order valence-corrected chi connectivity index (χ4v) is 1.69. The minimum Gasteiger partial charge on any atom is -0.384 e. The van der Waals surface area contributed by atoms with E-state index in [9.17, 15) is 13.9 Å². The molecule has 0 saturated carbocycles. The number of pyridine rings is 1. The van der Waals surface area contributed by atoms with Gasteiger partial charge in [0, 0.05) is 11.8 Å². The van der Waals surface area contributed by atoms with Crippen LogP contribution >= 0.6 is 0 Å². The minimum absolute atomic E-state index is 0.301. The van der Waals surface area contributed by atoms with Crippen LogP contribution in [0.25, 0.3) is 0 Å². The summed E-state index contributed by atoms with van der Waals surface area (Å²) in [6, 6.07) is 5.42. The molecular weight excluding hydrogens is 224 g/mol. The van der Waals surface area contributed by atoms with E-state index in [2.05, 4.69) is 4.98 Å². The number of benzene rings is 1. The van der Waals surface area contributed by atoms with Crippen molar-refractivity contribution in [3.05, 3.63) is 65.0 Å². The number of nitrogens with zero attached hydrogens (tertiary/aromatic N) is 1. The molecule has 4 heteroatoms. The van der Waals surface area contributed by atoms with Crippen LogP contribution in [-0.2, 0) is 0 Å².